The van der Waals surface area contributed by atoms with Crippen LogP contribution in [0.3, 0.4) is 0 Å². The number of hydrogen-bond donors (Lipinski definition) is 5. The van der Waals surface area contributed by atoms with E-state index in [0.29, 0.717) is 0 Å². The SMILES string of the molecule is N[C@@H]1[C@@H](O)[C@@H](CO)[C@@H](CO)O[C@H]1CO. The molecule has 1 fully saturated rings. The molecule has 0 amide bonds. The van der Waals surface area contributed by atoms with Gasteiger partial charge >= 0.3 is 0 Å². The van der Waals surface area contributed by atoms with Gasteiger partial charge in [-0.2, -0.15) is 0 Å². The van der Waals surface area contributed by atoms with Gasteiger partial charge in [0.05, 0.1) is 44.2 Å². The van der Waals surface area contributed by atoms with Crippen LogP contribution in [0.15, 0.2) is 0 Å². The van der Waals surface area contributed by atoms with Crippen LogP contribution in [0.5, 0.6) is 0 Å². The van der Waals surface area contributed by atoms with Crippen LogP contribution in [-0.4, -0.2) is 64.6 Å². The first kappa shape index (κ1) is 11.8. The molecule has 0 aromatic carbocycles. The van der Waals surface area contributed by atoms with Gasteiger partial charge < -0.3 is 30.9 Å². The molecule has 6 heteroatoms. The van der Waals surface area contributed by atoms with Gasteiger partial charge in [0.2, 0.25) is 0 Å². The minimum atomic E-state index is -0.969. The van der Waals surface area contributed by atoms with Crippen LogP contribution in [0, 0.1) is 5.92 Å². The maximum absolute atomic E-state index is 9.65. The highest BCUT2D eigenvalue weighted by atomic mass is 16.5. The van der Waals surface area contributed by atoms with Gasteiger partial charge in [0.15, 0.2) is 0 Å². The van der Waals surface area contributed by atoms with E-state index in [1.807, 2.05) is 0 Å². The molecule has 0 aromatic heterocycles. The van der Waals surface area contributed by atoms with E-state index in [1.54, 1.807) is 0 Å². The molecule has 1 aliphatic rings. The van der Waals surface area contributed by atoms with Crippen LogP contribution in [0.1, 0.15) is 0 Å². The molecule has 0 aromatic rings. The van der Waals surface area contributed by atoms with Crippen molar-refractivity contribution in [3.63, 3.8) is 0 Å². The molecule has 0 unspecified atom stereocenters. The molecule has 1 saturated heterocycles. The van der Waals surface area contributed by atoms with E-state index in [-0.39, 0.29) is 19.8 Å². The van der Waals surface area contributed by atoms with E-state index in [0.717, 1.165) is 0 Å². The summed E-state index contributed by atoms with van der Waals surface area (Å²) in [5, 5.41) is 36.5. The maximum Gasteiger partial charge on any atom is 0.0986 e. The fourth-order valence-corrected chi connectivity index (χ4v) is 1.71. The van der Waals surface area contributed by atoms with E-state index in [4.69, 9.17) is 25.8 Å². The number of aliphatic hydroxyl groups excluding tert-OH is 4. The fraction of sp³-hybridized carbons (Fsp3) is 1.00. The summed E-state index contributed by atoms with van der Waals surface area (Å²) < 4.78 is 5.23. The second kappa shape index (κ2) is 5.01. The minimum absolute atomic E-state index is 0.307. The third kappa shape index (κ3) is 2.05. The molecule has 1 aliphatic heterocycles. The van der Waals surface area contributed by atoms with E-state index < -0.39 is 30.3 Å². The van der Waals surface area contributed by atoms with Gasteiger partial charge in [-0.15, -0.1) is 0 Å². The van der Waals surface area contributed by atoms with Gasteiger partial charge in [0.1, 0.15) is 0 Å². The monoisotopic (exact) mass is 207 g/mol. The number of ether oxygens (including phenoxy) is 1. The summed E-state index contributed by atoms with van der Waals surface area (Å²) in [5.74, 6) is -0.599. The maximum atomic E-state index is 9.65. The molecule has 6 N–H and O–H groups in total. The van der Waals surface area contributed by atoms with Gasteiger partial charge in [-0.1, -0.05) is 0 Å². The molecule has 84 valence electrons. The van der Waals surface area contributed by atoms with E-state index in [1.165, 1.54) is 0 Å². The van der Waals surface area contributed by atoms with E-state index in [2.05, 4.69) is 0 Å². The lowest BCUT2D eigenvalue weighted by Gasteiger charge is -2.41. The molecule has 0 aliphatic carbocycles. The van der Waals surface area contributed by atoms with Gasteiger partial charge in [-0.3, -0.25) is 0 Å². The molecule has 1 heterocycles. The topological polar surface area (TPSA) is 116 Å². The zero-order valence-corrected chi connectivity index (χ0v) is 7.78. The van der Waals surface area contributed by atoms with Crippen molar-refractivity contribution >= 4 is 0 Å². The Bertz CT molecular complexity index is 177. The summed E-state index contributed by atoms with van der Waals surface area (Å²) in [6, 6.07) is -0.736. The Balaban J connectivity index is 2.71. The van der Waals surface area contributed by atoms with Crippen molar-refractivity contribution in [2.24, 2.45) is 11.7 Å². The normalized spacial score (nSPS) is 43.9. The lowest BCUT2D eigenvalue weighted by Crippen LogP contribution is -2.61. The van der Waals surface area contributed by atoms with Gasteiger partial charge in [0.25, 0.3) is 0 Å². The van der Waals surface area contributed by atoms with Crippen LogP contribution >= 0.6 is 0 Å². The smallest absolute Gasteiger partial charge is 0.0986 e. The van der Waals surface area contributed by atoms with Crippen LogP contribution in [0.25, 0.3) is 0 Å². The van der Waals surface area contributed by atoms with Gasteiger partial charge in [-0.25, -0.2) is 0 Å². The molecule has 0 spiro atoms. The molecule has 5 atom stereocenters. The minimum Gasteiger partial charge on any atom is -0.396 e. The van der Waals surface area contributed by atoms with Crippen molar-refractivity contribution in [1.82, 2.24) is 0 Å². The Morgan fingerprint density at radius 1 is 1.00 bits per heavy atom. The second-order valence-corrected chi connectivity index (χ2v) is 3.49. The predicted octanol–water partition coefficient (Wildman–Crippen LogP) is -2.96. The lowest BCUT2D eigenvalue weighted by atomic mass is 9.86. The average Bonchev–Trinajstić information content (AvgIpc) is 2.21. The predicted molar refractivity (Wildman–Crippen MR) is 47.4 cm³/mol. The van der Waals surface area contributed by atoms with Crippen molar-refractivity contribution in [3.8, 4) is 0 Å². The quantitative estimate of drug-likeness (QED) is 0.337. The Hall–Kier alpha value is -0.240. The van der Waals surface area contributed by atoms with E-state index >= 15 is 0 Å². The van der Waals surface area contributed by atoms with E-state index in [9.17, 15) is 5.11 Å². The van der Waals surface area contributed by atoms with Gasteiger partial charge in [-0.05, 0) is 0 Å². The molecular weight excluding hydrogens is 190 g/mol. The summed E-state index contributed by atoms with van der Waals surface area (Å²) in [6.07, 6.45) is -2.33. The Kier molecular flexibility index (Phi) is 4.24. The summed E-state index contributed by atoms with van der Waals surface area (Å²) in [7, 11) is 0. The standard InChI is InChI=1S/C8H17NO5/c9-7-6(3-12)14-5(2-11)4(1-10)8(7)13/h4-8,10-13H,1-3,9H2/t4-,5+,6-,7-,8-/m0/s1. The van der Waals surface area contributed by atoms with Crippen molar-refractivity contribution in [2.75, 3.05) is 19.8 Å². The number of rotatable bonds is 3. The molecule has 0 saturated carbocycles. The summed E-state index contributed by atoms with van der Waals surface area (Å²) >= 11 is 0. The molecular formula is C8H17NO5. The first-order chi connectivity index (χ1) is 6.65. The highest BCUT2D eigenvalue weighted by Crippen LogP contribution is 2.24. The Morgan fingerprint density at radius 2 is 1.57 bits per heavy atom. The Labute approximate surface area is 81.9 Å². The highest BCUT2D eigenvalue weighted by Gasteiger charge is 2.42. The Morgan fingerprint density at radius 3 is 2.00 bits per heavy atom. The zero-order valence-electron chi connectivity index (χ0n) is 7.78. The van der Waals surface area contributed by atoms with Crippen molar-refractivity contribution < 1.29 is 25.2 Å². The lowest BCUT2D eigenvalue weighted by molar-refractivity contribution is -0.178. The van der Waals surface area contributed by atoms with Crippen LogP contribution in [0.4, 0.5) is 0 Å². The summed E-state index contributed by atoms with van der Waals surface area (Å²) in [4.78, 5) is 0. The van der Waals surface area contributed by atoms with Crippen LogP contribution in [0.2, 0.25) is 0 Å². The number of aliphatic hydroxyl groups is 4. The molecule has 0 radical (unpaired) electrons. The van der Waals surface area contributed by atoms with Crippen molar-refractivity contribution in [1.29, 1.82) is 0 Å². The molecule has 1 rings (SSSR count). The molecule has 6 nitrogen and oxygen atoms in total. The summed E-state index contributed by atoms with van der Waals surface area (Å²) in [5.41, 5.74) is 5.59. The highest BCUT2D eigenvalue weighted by molar-refractivity contribution is 4.93. The summed E-state index contributed by atoms with van der Waals surface area (Å²) in [6.45, 7) is -0.934. The third-order valence-corrected chi connectivity index (χ3v) is 2.66. The zero-order chi connectivity index (χ0) is 10.7. The first-order valence-electron chi connectivity index (χ1n) is 4.57. The third-order valence-electron chi connectivity index (χ3n) is 2.66. The first-order valence-corrected chi connectivity index (χ1v) is 4.57. The fourth-order valence-electron chi connectivity index (χ4n) is 1.71. The average molecular weight is 207 g/mol. The second-order valence-electron chi connectivity index (χ2n) is 3.49. The molecule has 0 bridgehead atoms. The largest absolute Gasteiger partial charge is 0.396 e. The molecule has 14 heavy (non-hydrogen) atoms. The van der Waals surface area contributed by atoms with Crippen molar-refractivity contribution in [3.05, 3.63) is 0 Å². The van der Waals surface area contributed by atoms with Gasteiger partial charge in [0, 0.05) is 5.92 Å². The number of nitrogens with two attached hydrogens (primary N) is 1. The van der Waals surface area contributed by atoms with Crippen LogP contribution < -0.4 is 5.73 Å². The number of hydrogen-bond acceptors (Lipinski definition) is 6. The van der Waals surface area contributed by atoms with Crippen molar-refractivity contribution in [2.45, 2.75) is 24.4 Å². The van der Waals surface area contributed by atoms with Crippen LogP contribution in [-0.2, 0) is 4.74 Å².